The van der Waals surface area contributed by atoms with Crippen LogP contribution in [0.1, 0.15) is 54.4 Å². The highest BCUT2D eigenvalue weighted by Gasteiger charge is 2.43. The van der Waals surface area contributed by atoms with E-state index >= 15 is 0 Å². The number of hydrogen-bond acceptors (Lipinski definition) is 6. The fraction of sp³-hybridized carbons (Fsp3) is 0.565. The monoisotopic (exact) mass is 449 g/mol. The van der Waals surface area contributed by atoms with Gasteiger partial charge in [0, 0.05) is 22.8 Å². The maximum Gasteiger partial charge on any atom is 0.229 e. The number of ether oxygens (including phenoxy) is 1. The number of anilines is 3. The van der Waals surface area contributed by atoms with E-state index < -0.39 is 5.82 Å². The third kappa shape index (κ3) is 5.57. The molecule has 2 N–H and O–H groups in total. The molecular weight excluding hydrogens is 417 g/mol. The third-order valence-electron chi connectivity index (χ3n) is 5.94. The first-order chi connectivity index (χ1) is 14.4. The van der Waals surface area contributed by atoms with Crippen molar-refractivity contribution in [1.29, 1.82) is 0 Å². The number of nitrogens with one attached hydrogen (secondary N) is 2. The zero-order valence-electron chi connectivity index (χ0n) is 19.4. The summed E-state index contributed by atoms with van der Waals surface area (Å²) in [4.78, 5) is 10.8. The molecule has 0 amide bonds. The van der Waals surface area contributed by atoms with E-state index in [0.717, 1.165) is 12.8 Å². The second-order valence-corrected chi connectivity index (χ2v) is 10.2. The number of rotatable bonds is 6. The molecule has 170 valence electrons. The van der Waals surface area contributed by atoms with Gasteiger partial charge in [0.25, 0.3) is 0 Å². The quantitative estimate of drug-likeness (QED) is 0.575. The lowest BCUT2D eigenvalue weighted by Gasteiger charge is -2.53. The van der Waals surface area contributed by atoms with E-state index in [1.807, 2.05) is 19.9 Å². The highest BCUT2D eigenvalue weighted by atomic mass is 35.5. The van der Waals surface area contributed by atoms with Crippen molar-refractivity contribution < 1.29 is 9.13 Å². The summed E-state index contributed by atoms with van der Waals surface area (Å²) in [6, 6.07) is 5.45. The Morgan fingerprint density at radius 2 is 1.84 bits per heavy atom. The molecule has 2 aromatic rings. The fourth-order valence-electron chi connectivity index (χ4n) is 4.25. The van der Waals surface area contributed by atoms with Gasteiger partial charge in [0.15, 0.2) is 11.6 Å². The topological polar surface area (TPSA) is 62.3 Å². The summed E-state index contributed by atoms with van der Waals surface area (Å²) in [6.45, 7) is 12.7. The van der Waals surface area contributed by atoms with Crippen molar-refractivity contribution in [3.05, 3.63) is 35.2 Å². The van der Waals surface area contributed by atoms with E-state index in [1.54, 1.807) is 12.1 Å². The Morgan fingerprint density at radius 1 is 1.19 bits per heavy atom. The average molecular weight is 450 g/mol. The van der Waals surface area contributed by atoms with E-state index in [9.17, 15) is 4.39 Å². The predicted octanol–water partition coefficient (Wildman–Crippen LogP) is 5.86. The van der Waals surface area contributed by atoms with Crippen LogP contribution < -0.4 is 15.4 Å². The van der Waals surface area contributed by atoms with Crippen molar-refractivity contribution in [2.24, 2.45) is 0 Å². The molecule has 31 heavy (non-hydrogen) atoms. The van der Waals surface area contributed by atoms with Gasteiger partial charge in [0.05, 0.1) is 17.3 Å². The largest absolute Gasteiger partial charge is 0.489 e. The maximum absolute atomic E-state index is 14.5. The lowest BCUT2D eigenvalue weighted by Crippen LogP contribution is -2.61. The van der Waals surface area contributed by atoms with Crippen molar-refractivity contribution in [3.63, 3.8) is 0 Å². The Bertz CT molecular complexity index is 916. The normalized spacial score (nSPS) is 18.8. The Morgan fingerprint density at radius 3 is 2.42 bits per heavy atom. The van der Waals surface area contributed by atoms with Crippen LogP contribution in [0.4, 0.5) is 21.8 Å². The summed E-state index contributed by atoms with van der Waals surface area (Å²) >= 11 is 6.31. The summed E-state index contributed by atoms with van der Waals surface area (Å²) in [5.74, 6) is 0.629. The summed E-state index contributed by atoms with van der Waals surface area (Å²) in [6.07, 6.45) is 2.97. The zero-order valence-corrected chi connectivity index (χ0v) is 20.1. The molecule has 3 rings (SSSR count). The number of nitrogens with zero attached hydrogens (tertiary/aromatic N) is 3. The molecule has 8 heteroatoms. The van der Waals surface area contributed by atoms with Crippen molar-refractivity contribution >= 4 is 29.1 Å². The van der Waals surface area contributed by atoms with Crippen LogP contribution in [0.5, 0.6) is 5.75 Å². The number of halogens is 2. The zero-order chi connectivity index (χ0) is 23.0. The van der Waals surface area contributed by atoms with Crippen LogP contribution >= 0.6 is 11.6 Å². The van der Waals surface area contributed by atoms with E-state index in [4.69, 9.17) is 16.3 Å². The van der Waals surface area contributed by atoms with Gasteiger partial charge in [-0.15, -0.1) is 0 Å². The van der Waals surface area contributed by atoms with Gasteiger partial charge in [-0.2, -0.15) is 4.98 Å². The highest BCUT2D eigenvalue weighted by molar-refractivity contribution is 6.32. The minimum atomic E-state index is -0.473. The molecule has 1 saturated heterocycles. The van der Waals surface area contributed by atoms with Gasteiger partial charge < -0.3 is 15.4 Å². The van der Waals surface area contributed by atoms with E-state index in [2.05, 4.69) is 60.2 Å². The molecular formula is C23H33ClFN5O. The van der Waals surface area contributed by atoms with E-state index in [-0.39, 0.29) is 29.0 Å². The summed E-state index contributed by atoms with van der Waals surface area (Å²) in [5, 5.41) is 6.88. The number of benzene rings is 1. The molecule has 1 aromatic carbocycles. The molecule has 2 heterocycles. The maximum atomic E-state index is 14.5. The summed E-state index contributed by atoms with van der Waals surface area (Å²) in [5.41, 5.74) is 0.668. The van der Waals surface area contributed by atoms with Gasteiger partial charge in [-0.25, -0.2) is 9.37 Å². The van der Waals surface area contributed by atoms with Crippen molar-refractivity contribution in [2.45, 2.75) is 77.6 Å². The third-order valence-corrected chi connectivity index (χ3v) is 6.24. The minimum Gasteiger partial charge on any atom is -0.489 e. The standard InChI is InChI=1S/C23H33ClFN5O/c1-14(2)31-19-9-8-15(10-17(19)24)28-21-26-13-18(25)20(29-21)27-16-11-22(3,4)30(7)23(5,6)12-16/h8-10,13-14,16H,11-12H2,1-7H3,(H2,26,27,28,29). The Kier molecular flexibility index (Phi) is 6.67. The predicted molar refractivity (Wildman–Crippen MR) is 125 cm³/mol. The molecule has 1 aromatic heterocycles. The molecule has 0 radical (unpaired) electrons. The van der Waals surface area contributed by atoms with Crippen molar-refractivity contribution in [2.75, 3.05) is 17.7 Å². The molecule has 1 fully saturated rings. The first-order valence-electron chi connectivity index (χ1n) is 10.6. The molecule has 1 aliphatic rings. The number of hydrogen-bond donors (Lipinski definition) is 2. The summed E-state index contributed by atoms with van der Waals surface area (Å²) < 4.78 is 20.2. The molecule has 1 aliphatic heterocycles. The molecule has 0 spiro atoms. The van der Waals surface area contributed by atoms with Crippen LogP contribution in [0.3, 0.4) is 0 Å². The molecule has 0 unspecified atom stereocenters. The highest BCUT2D eigenvalue weighted by Crippen LogP contribution is 2.38. The lowest BCUT2D eigenvalue weighted by atomic mass is 9.77. The lowest BCUT2D eigenvalue weighted by molar-refractivity contribution is -0.00778. The van der Waals surface area contributed by atoms with E-state index in [1.165, 1.54) is 6.20 Å². The van der Waals surface area contributed by atoms with E-state index in [0.29, 0.717) is 22.4 Å². The van der Waals surface area contributed by atoms with Gasteiger partial charge in [-0.05, 0) is 79.6 Å². The minimum absolute atomic E-state index is 0.0133. The van der Waals surface area contributed by atoms with Crippen LogP contribution in [0, 0.1) is 5.82 Å². The molecule has 0 aliphatic carbocycles. The van der Waals surface area contributed by atoms with Gasteiger partial charge >= 0.3 is 0 Å². The fourth-order valence-corrected chi connectivity index (χ4v) is 4.48. The van der Waals surface area contributed by atoms with Gasteiger partial charge in [0.1, 0.15) is 5.75 Å². The van der Waals surface area contributed by atoms with Gasteiger partial charge in [-0.1, -0.05) is 11.6 Å². The van der Waals surface area contributed by atoms with Crippen molar-refractivity contribution in [3.8, 4) is 5.75 Å². The SMILES string of the molecule is CC(C)Oc1ccc(Nc2ncc(F)c(NC3CC(C)(C)N(C)C(C)(C)C3)n2)cc1Cl. The molecule has 6 nitrogen and oxygen atoms in total. The Labute approximate surface area is 189 Å². The smallest absolute Gasteiger partial charge is 0.229 e. The molecule has 0 atom stereocenters. The van der Waals surface area contributed by atoms with Crippen LogP contribution in [0.15, 0.2) is 24.4 Å². The van der Waals surface area contributed by atoms with Crippen LogP contribution in [0.25, 0.3) is 0 Å². The van der Waals surface area contributed by atoms with Crippen molar-refractivity contribution in [1.82, 2.24) is 14.9 Å². The van der Waals surface area contributed by atoms with Crippen LogP contribution in [-0.4, -0.2) is 45.1 Å². The first kappa shape index (κ1) is 23.5. The van der Waals surface area contributed by atoms with Gasteiger partial charge in [0.2, 0.25) is 5.95 Å². The molecule has 0 bridgehead atoms. The number of likely N-dealkylation sites (tertiary alicyclic amines) is 1. The number of piperidine rings is 1. The second kappa shape index (κ2) is 8.79. The summed E-state index contributed by atoms with van der Waals surface area (Å²) in [7, 11) is 2.14. The Hall–Kier alpha value is -2.12. The first-order valence-corrected chi connectivity index (χ1v) is 11.0. The number of aromatic nitrogens is 2. The molecule has 0 saturated carbocycles. The van der Waals surface area contributed by atoms with Crippen LogP contribution in [-0.2, 0) is 0 Å². The van der Waals surface area contributed by atoms with Crippen LogP contribution in [0.2, 0.25) is 5.02 Å². The second-order valence-electron chi connectivity index (χ2n) is 9.76. The average Bonchev–Trinajstić information content (AvgIpc) is 2.64. The van der Waals surface area contributed by atoms with Gasteiger partial charge in [-0.3, -0.25) is 4.90 Å². The Balaban J connectivity index is 1.76.